The zero-order chi connectivity index (χ0) is 13.2. The number of ether oxygens (including phenoxy) is 1. The summed E-state index contributed by atoms with van der Waals surface area (Å²) in [6.45, 7) is 3.97. The number of benzene rings is 1. The maximum Gasteiger partial charge on any atom is 0.123 e. The highest BCUT2D eigenvalue weighted by Gasteiger charge is 2.28. The molecule has 4 heteroatoms. The Hall–Kier alpha value is -1.39. The van der Waals surface area contributed by atoms with Gasteiger partial charge in [-0.3, -0.25) is 0 Å². The highest BCUT2D eigenvalue weighted by molar-refractivity contribution is 5.75. The van der Waals surface area contributed by atoms with E-state index in [-0.39, 0.29) is 0 Å². The molecule has 0 bridgehead atoms. The number of para-hydroxylation sites is 2. The summed E-state index contributed by atoms with van der Waals surface area (Å²) in [6.07, 6.45) is 2.67. The van der Waals surface area contributed by atoms with Gasteiger partial charge in [0.05, 0.1) is 23.7 Å². The van der Waals surface area contributed by atoms with E-state index in [4.69, 9.17) is 9.72 Å². The van der Waals surface area contributed by atoms with Gasteiger partial charge in [0, 0.05) is 19.7 Å². The molecule has 3 rings (SSSR count). The summed E-state index contributed by atoms with van der Waals surface area (Å²) in [7, 11) is 1.79. The Morgan fingerprint density at radius 1 is 1.37 bits per heavy atom. The third-order valence-corrected chi connectivity index (χ3v) is 4.03. The summed E-state index contributed by atoms with van der Waals surface area (Å²) in [4.78, 5) is 4.72. The first-order valence-electron chi connectivity index (χ1n) is 7.02. The van der Waals surface area contributed by atoms with Crippen LogP contribution in [0, 0.1) is 0 Å². The molecule has 19 heavy (non-hydrogen) atoms. The molecule has 0 unspecified atom stereocenters. The molecule has 1 aromatic heterocycles. The van der Waals surface area contributed by atoms with Gasteiger partial charge >= 0.3 is 0 Å². The molecule has 0 aliphatic heterocycles. The minimum atomic E-state index is 0.447. The van der Waals surface area contributed by atoms with Gasteiger partial charge in [-0.25, -0.2) is 4.98 Å². The predicted octanol–water partition coefficient (Wildman–Crippen LogP) is 2.32. The number of hydrogen-bond acceptors (Lipinski definition) is 3. The van der Waals surface area contributed by atoms with E-state index in [0.717, 1.165) is 37.3 Å². The van der Waals surface area contributed by atoms with Crippen molar-refractivity contribution < 1.29 is 4.74 Å². The molecule has 1 aliphatic carbocycles. The van der Waals surface area contributed by atoms with E-state index in [0.29, 0.717) is 12.1 Å². The molecule has 1 saturated carbocycles. The zero-order valence-electron chi connectivity index (χ0n) is 11.6. The number of rotatable bonds is 5. The summed E-state index contributed by atoms with van der Waals surface area (Å²) in [6, 6.07) is 8.91. The summed E-state index contributed by atoms with van der Waals surface area (Å²) in [5.41, 5.74) is 2.31. The molecule has 2 aromatic rings. The Morgan fingerprint density at radius 3 is 2.89 bits per heavy atom. The maximum absolute atomic E-state index is 5.30. The van der Waals surface area contributed by atoms with Crippen molar-refractivity contribution in [3.8, 4) is 0 Å². The number of nitrogens with zero attached hydrogens (tertiary/aromatic N) is 2. The van der Waals surface area contributed by atoms with E-state index < -0.39 is 0 Å². The molecule has 0 atom stereocenters. The number of methoxy groups -OCH3 is 1. The number of hydrogen-bond donors (Lipinski definition) is 1. The van der Waals surface area contributed by atoms with Gasteiger partial charge < -0.3 is 14.6 Å². The van der Waals surface area contributed by atoms with Crippen molar-refractivity contribution in [2.75, 3.05) is 7.11 Å². The fourth-order valence-electron chi connectivity index (χ4n) is 2.77. The highest BCUT2D eigenvalue weighted by Crippen LogP contribution is 2.23. The second kappa shape index (κ2) is 5.31. The monoisotopic (exact) mass is 259 g/mol. The molecule has 0 radical (unpaired) electrons. The van der Waals surface area contributed by atoms with Crippen LogP contribution in [0.5, 0.6) is 0 Å². The Labute approximate surface area is 113 Å². The van der Waals surface area contributed by atoms with Crippen molar-refractivity contribution in [2.24, 2.45) is 0 Å². The summed E-state index contributed by atoms with van der Waals surface area (Å²) in [5, 5.41) is 3.57. The lowest BCUT2D eigenvalue weighted by molar-refractivity contribution is 0.0167. The first kappa shape index (κ1) is 12.6. The molecule has 4 nitrogen and oxygen atoms in total. The Balaban J connectivity index is 1.70. The number of aromatic nitrogens is 2. The third kappa shape index (κ3) is 2.38. The van der Waals surface area contributed by atoms with Gasteiger partial charge in [-0.05, 0) is 31.9 Å². The van der Waals surface area contributed by atoms with Crippen LogP contribution in [-0.2, 0) is 17.8 Å². The second-order valence-electron chi connectivity index (χ2n) is 5.17. The average molecular weight is 259 g/mol. The maximum atomic E-state index is 5.30. The van der Waals surface area contributed by atoms with Crippen LogP contribution < -0.4 is 5.32 Å². The molecule has 1 aliphatic rings. The summed E-state index contributed by atoms with van der Waals surface area (Å²) >= 11 is 0. The van der Waals surface area contributed by atoms with E-state index in [1.807, 2.05) is 6.07 Å². The third-order valence-electron chi connectivity index (χ3n) is 4.03. The summed E-state index contributed by atoms with van der Waals surface area (Å²) in [5.74, 6) is 1.13. The van der Waals surface area contributed by atoms with Gasteiger partial charge in [-0.2, -0.15) is 0 Å². The number of fused-ring (bicyclic) bond motifs is 1. The first-order chi connectivity index (χ1) is 9.31. The standard InChI is InChI=1S/C15H21N3O/c1-3-18-14-7-5-4-6-13(14)17-15(18)10-16-11-8-12(9-11)19-2/h4-7,11-12,16H,3,8-10H2,1-2H3. The van der Waals surface area contributed by atoms with E-state index >= 15 is 0 Å². The number of aryl methyl sites for hydroxylation is 1. The van der Waals surface area contributed by atoms with Crippen molar-refractivity contribution in [3.63, 3.8) is 0 Å². The molecular weight excluding hydrogens is 238 g/mol. The zero-order valence-corrected chi connectivity index (χ0v) is 11.6. The largest absolute Gasteiger partial charge is 0.381 e. The molecule has 102 valence electrons. The molecule has 0 spiro atoms. The van der Waals surface area contributed by atoms with Crippen molar-refractivity contribution in [2.45, 2.75) is 45.0 Å². The van der Waals surface area contributed by atoms with Crippen LogP contribution in [0.15, 0.2) is 24.3 Å². The van der Waals surface area contributed by atoms with E-state index in [2.05, 4.69) is 35.0 Å². The van der Waals surface area contributed by atoms with Gasteiger partial charge in [0.15, 0.2) is 0 Å². The molecule has 0 amide bonds. The molecule has 1 aromatic carbocycles. The van der Waals surface area contributed by atoms with Crippen LogP contribution in [0.25, 0.3) is 11.0 Å². The van der Waals surface area contributed by atoms with Gasteiger partial charge in [0.2, 0.25) is 0 Å². The summed E-state index contributed by atoms with van der Waals surface area (Å²) < 4.78 is 7.59. The van der Waals surface area contributed by atoms with Gasteiger partial charge in [0.1, 0.15) is 5.82 Å². The van der Waals surface area contributed by atoms with Crippen LogP contribution in [0.3, 0.4) is 0 Å². The smallest absolute Gasteiger partial charge is 0.123 e. The quantitative estimate of drug-likeness (QED) is 0.895. The lowest BCUT2D eigenvalue weighted by Crippen LogP contribution is -2.44. The normalized spacial score (nSPS) is 22.6. The van der Waals surface area contributed by atoms with Crippen molar-refractivity contribution in [3.05, 3.63) is 30.1 Å². The average Bonchev–Trinajstić information content (AvgIpc) is 2.74. The minimum absolute atomic E-state index is 0.447. The van der Waals surface area contributed by atoms with Gasteiger partial charge in [-0.1, -0.05) is 12.1 Å². The van der Waals surface area contributed by atoms with E-state index in [1.165, 1.54) is 5.52 Å². The van der Waals surface area contributed by atoms with Crippen LogP contribution in [0.4, 0.5) is 0 Å². The van der Waals surface area contributed by atoms with Crippen LogP contribution in [0.1, 0.15) is 25.6 Å². The molecular formula is C15H21N3O. The Morgan fingerprint density at radius 2 is 2.16 bits per heavy atom. The lowest BCUT2D eigenvalue weighted by Gasteiger charge is -2.34. The first-order valence-corrected chi connectivity index (χ1v) is 7.02. The Kier molecular flexibility index (Phi) is 3.53. The van der Waals surface area contributed by atoms with Gasteiger partial charge in [-0.15, -0.1) is 0 Å². The molecule has 0 saturated heterocycles. The van der Waals surface area contributed by atoms with Crippen LogP contribution >= 0.6 is 0 Å². The number of imidazole rings is 1. The number of nitrogens with one attached hydrogen (secondary N) is 1. The lowest BCUT2D eigenvalue weighted by atomic mass is 9.89. The minimum Gasteiger partial charge on any atom is -0.381 e. The highest BCUT2D eigenvalue weighted by atomic mass is 16.5. The van der Waals surface area contributed by atoms with Crippen molar-refractivity contribution >= 4 is 11.0 Å². The Bertz CT molecular complexity index is 558. The van der Waals surface area contributed by atoms with E-state index in [9.17, 15) is 0 Å². The molecule has 1 heterocycles. The SMILES string of the molecule is CCn1c(CNC2CC(OC)C2)nc2ccccc21. The van der Waals surface area contributed by atoms with Gasteiger partial charge in [0.25, 0.3) is 0 Å². The van der Waals surface area contributed by atoms with Crippen molar-refractivity contribution in [1.29, 1.82) is 0 Å². The fraction of sp³-hybridized carbons (Fsp3) is 0.533. The molecule has 1 N–H and O–H groups in total. The topological polar surface area (TPSA) is 39.1 Å². The molecule has 1 fully saturated rings. The van der Waals surface area contributed by atoms with E-state index in [1.54, 1.807) is 7.11 Å². The fourth-order valence-corrected chi connectivity index (χ4v) is 2.77. The predicted molar refractivity (Wildman–Crippen MR) is 76.1 cm³/mol. The van der Waals surface area contributed by atoms with Crippen LogP contribution in [0.2, 0.25) is 0 Å². The van der Waals surface area contributed by atoms with Crippen molar-refractivity contribution in [1.82, 2.24) is 14.9 Å². The second-order valence-corrected chi connectivity index (χ2v) is 5.17. The van der Waals surface area contributed by atoms with Crippen LogP contribution in [-0.4, -0.2) is 28.8 Å².